The molecule has 0 saturated heterocycles. The molecule has 1 aromatic heterocycles. The van der Waals surface area contributed by atoms with Crippen LogP contribution in [-0.4, -0.2) is 36.3 Å². The Morgan fingerprint density at radius 3 is 2.50 bits per heavy atom. The summed E-state index contributed by atoms with van der Waals surface area (Å²) in [4.78, 5) is 26.8. The second kappa shape index (κ2) is 9.69. The summed E-state index contributed by atoms with van der Waals surface area (Å²) in [6, 6.07) is 7.30. The number of nitrogens with two attached hydrogens (primary N) is 1. The third-order valence-electron chi connectivity index (χ3n) is 5.50. The predicted octanol–water partition coefficient (Wildman–Crippen LogP) is 0.771. The first-order valence-electron chi connectivity index (χ1n) is 9.34. The van der Waals surface area contributed by atoms with E-state index in [9.17, 15) is 9.59 Å². The van der Waals surface area contributed by atoms with E-state index in [1.807, 2.05) is 12.1 Å². The van der Waals surface area contributed by atoms with E-state index in [2.05, 4.69) is 14.0 Å². The maximum absolute atomic E-state index is 12.6. The van der Waals surface area contributed by atoms with Gasteiger partial charge in [0.2, 0.25) is 5.91 Å². The second-order valence-electron chi connectivity index (χ2n) is 7.61. The molecule has 0 spiro atoms. The molecule has 2 N–H and O–H groups in total. The van der Waals surface area contributed by atoms with Crippen molar-refractivity contribution >= 4 is 34.6 Å². The lowest BCUT2D eigenvalue weighted by Gasteiger charge is -2.31. The topological polar surface area (TPSA) is 60.2 Å². The Bertz CT molecular complexity index is 866. The van der Waals surface area contributed by atoms with Gasteiger partial charge in [-0.15, -0.1) is 11.3 Å². The number of primary amides is 1. The molecule has 0 radical (unpaired) electrons. The van der Waals surface area contributed by atoms with Crippen LogP contribution in [0.15, 0.2) is 24.3 Å². The lowest BCUT2D eigenvalue weighted by atomic mass is 10.00. The highest BCUT2D eigenvalue weighted by molar-refractivity contribution is 7.12. The van der Waals surface area contributed by atoms with E-state index in [0.29, 0.717) is 17.0 Å². The Balaban J connectivity index is 0.00000280. The number of Topliss-reactive ketones (excluding diaryl/α,β-unsaturated/α-hetero) is 1. The fourth-order valence-electron chi connectivity index (χ4n) is 3.78. The molecule has 2 heterocycles. The van der Waals surface area contributed by atoms with Crippen molar-refractivity contribution in [3.05, 3.63) is 55.7 Å². The van der Waals surface area contributed by atoms with E-state index in [-0.39, 0.29) is 36.2 Å². The highest BCUT2D eigenvalue weighted by atomic mass is 127. The maximum atomic E-state index is 12.6. The van der Waals surface area contributed by atoms with Crippen LogP contribution in [0.3, 0.4) is 0 Å². The van der Waals surface area contributed by atoms with Gasteiger partial charge in [-0.3, -0.25) is 9.59 Å². The quantitative estimate of drug-likeness (QED) is 0.441. The van der Waals surface area contributed by atoms with Crippen LogP contribution in [0, 0.1) is 0 Å². The monoisotopic (exact) mass is 532 g/mol. The van der Waals surface area contributed by atoms with Crippen molar-refractivity contribution < 1.29 is 38.0 Å². The minimum absolute atomic E-state index is 0. The van der Waals surface area contributed by atoms with Crippen LogP contribution < -0.4 is 29.7 Å². The number of hydrogen-bond acceptors (Lipinski definition) is 3. The normalized spacial score (nSPS) is 18.7. The average molecular weight is 533 g/mol. The number of ketones is 1. The Labute approximate surface area is 192 Å². The van der Waals surface area contributed by atoms with Crippen LogP contribution in [0.5, 0.6) is 0 Å². The molecule has 0 saturated carbocycles. The molecule has 1 amide bonds. The second-order valence-corrected chi connectivity index (χ2v) is 9.23. The number of nitrogens with zero attached hydrogens (tertiary/aromatic N) is 1. The zero-order valence-electron chi connectivity index (χ0n) is 16.3. The molecule has 28 heavy (non-hydrogen) atoms. The standard InChI is InChI=1S/C21H25ClN2O2S.HI/c1-3-24(2)10-4-5-17-19(13-24)27-18(20(17)21(23)26)12-16(25)11-14-6-8-15(22)9-7-14;/h6-9H,3-5,10-13H2,1-2H3,(H-,23,26);1H. The molecule has 152 valence electrons. The molecule has 1 aliphatic heterocycles. The number of quaternary nitrogens is 1. The van der Waals surface area contributed by atoms with E-state index in [1.165, 1.54) is 4.88 Å². The summed E-state index contributed by atoms with van der Waals surface area (Å²) in [5, 5.41) is 0.654. The number of halogens is 2. The number of benzene rings is 1. The number of carbonyl (C=O) groups excluding carboxylic acids is 2. The summed E-state index contributed by atoms with van der Waals surface area (Å²) >= 11 is 7.51. The van der Waals surface area contributed by atoms with Gasteiger partial charge >= 0.3 is 0 Å². The molecule has 2 aromatic rings. The molecule has 1 aliphatic rings. The van der Waals surface area contributed by atoms with Gasteiger partial charge in [0.05, 0.1) is 30.6 Å². The molecule has 4 nitrogen and oxygen atoms in total. The Hall–Kier alpha value is -0.960. The van der Waals surface area contributed by atoms with Crippen LogP contribution in [-0.2, 0) is 30.6 Å². The number of hydrogen-bond donors (Lipinski definition) is 1. The van der Waals surface area contributed by atoms with Gasteiger partial charge in [0.1, 0.15) is 12.3 Å². The van der Waals surface area contributed by atoms with E-state index in [1.54, 1.807) is 23.5 Å². The Morgan fingerprint density at radius 1 is 1.21 bits per heavy atom. The number of rotatable bonds is 6. The Kier molecular flexibility index (Phi) is 8.07. The van der Waals surface area contributed by atoms with Crippen molar-refractivity contribution in [2.24, 2.45) is 5.73 Å². The van der Waals surface area contributed by atoms with Crippen LogP contribution in [0.4, 0.5) is 0 Å². The summed E-state index contributed by atoms with van der Waals surface area (Å²) < 4.78 is 0.962. The van der Waals surface area contributed by atoms with Gasteiger partial charge in [-0.05, 0) is 36.6 Å². The van der Waals surface area contributed by atoms with Crippen LogP contribution in [0.2, 0.25) is 5.02 Å². The molecule has 0 bridgehead atoms. The van der Waals surface area contributed by atoms with Gasteiger partial charge in [-0.2, -0.15) is 0 Å². The molecule has 3 rings (SSSR count). The number of fused-ring (bicyclic) bond motifs is 1. The van der Waals surface area contributed by atoms with E-state index in [0.717, 1.165) is 53.0 Å². The molecule has 1 aromatic carbocycles. The minimum Gasteiger partial charge on any atom is -1.00 e. The van der Waals surface area contributed by atoms with Crippen LogP contribution in [0.1, 0.15) is 44.6 Å². The van der Waals surface area contributed by atoms with Gasteiger partial charge in [-0.25, -0.2) is 0 Å². The SMILES string of the molecule is CC[N+]1(C)CCCc2c(sc(CC(=O)Cc3ccc(Cl)cc3)c2C(N)=O)C1.[I-]. The lowest BCUT2D eigenvalue weighted by molar-refractivity contribution is -0.920. The molecule has 0 fully saturated rings. The van der Waals surface area contributed by atoms with Crippen molar-refractivity contribution in [1.29, 1.82) is 0 Å². The molecule has 1 unspecified atom stereocenters. The van der Waals surface area contributed by atoms with Crippen LogP contribution in [0.25, 0.3) is 0 Å². The van der Waals surface area contributed by atoms with Gasteiger partial charge in [0.15, 0.2) is 0 Å². The summed E-state index contributed by atoms with van der Waals surface area (Å²) in [6.45, 7) is 5.25. The maximum Gasteiger partial charge on any atom is 0.250 e. The number of carbonyl (C=O) groups is 2. The molecule has 0 aliphatic carbocycles. The summed E-state index contributed by atoms with van der Waals surface area (Å²) in [5.41, 5.74) is 8.33. The average Bonchev–Trinajstić information content (AvgIpc) is 2.84. The van der Waals surface area contributed by atoms with E-state index in [4.69, 9.17) is 17.3 Å². The molecule has 1 atom stereocenters. The molecular weight excluding hydrogens is 507 g/mol. The first-order chi connectivity index (χ1) is 12.8. The van der Waals surface area contributed by atoms with Crippen molar-refractivity contribution in [1.82, 2.24) is 0 Å². The smallest absolute Gasteiger partial charge is 0.250 e. The van der Waals surface area contributed by atoms with Crippen molar-refractivity contribution in [3.63, 3.8) is 0 Å². The minimum atomic E-state index is -0.408. The van der Waals surface area contributed by atoms with Crippen molar-refractivity contribution in [2.45, 2.75) is 39.2 Å². The molecule has 7 heteroatoms. The first kappa shape index (κ1) is 23.3. The Morgan fingerprint density at radius 2 is 1.89 bits per heavy atom. The number of thiophene rings is 1. The van der Waals surface area contributed by atoms with E-state index >= 15 is 0 Å². The van der Waals surface area contributed by atoms with Gasteiger partial charge in [0.25, 0.3) is 0 Å². The largest absolute Gasteiger partial charge is 1.00 e. The highest BCUT2D eigenvalue weighted by Gasteiger charge is 2.31. The fraction of sp³-hybridized carbons (Fsp3) is 0.429. The van der Waals surface area contributed by atoms with Crippen molar-refractivity contribution in [3.8, 4) is 0 Å². The van der Waals surface area contributed by atoms with Crippen molar-refractivity contribution in [2.75, 3.05) is 20.1 Å². The van der Waals surface area contributed by atoms with Gasteiger partial charge in [-0.1, -0.05) is 23.7 Å². The van der Waals surface area contributed by atoms with E-state index < -0.39 is 5.91 Å². The third-order valence-corrected chi connectivity index (χ3v) is 6.96. The van der Waals surface area contributed by atoms with Gasteiger partial charge in [0, 0.05) is 29.2 Å². The zero-order valence-corrected chi connectivity index (χ0v) is 20.0. The molecular formula is C21H26ClIN2O2S. The summed E-state index contributed by atoms with van der Waals surface area (Å²) in [7, 11) is 2.25. The predicted molar refractivity (Wildman–Crippen MR) is 110 cm³/mol. The summed E-state index contributed by atoms with van der Waals surface area (Å²) in [5.74, 6) is -0.321. The summed E-state index contributed by atoms with van der Waals surface area (Å²) in [6.07, 6.45) is 2.49. The van der Waals surface area contributed by atoms with Crippen LogP contribution >= 0.6 is 22.9 Å². The van der Waals surface area contributed by atoms with Gasteiger partial charge < -0.3 is 34.2 Å². The highest BCUT2D eigenvalue weighted by Crippen LogP contribution is 2.35. The number of amides is 1. The zero-order chi connectivity index (χ0) is 19.6. The third kappa shape index (κ3) is 5.34. The fourth-order valence-corrected chi connectivity index (χ4v) is 5.46. The lowest BCUT2D eigenvalue weighted by Crippen LogP contribution is -3.00. The first-order valence-corrected chi connectivity index (χ1v) is 10.5.